The maximum Gasteiger partial charge on any atom is 0.155 e. The highest BCUT2D eigenvalue weighted by Gasteiger charge is 2.14. The third-order valence-corrected chi connectivity index (χ3v) is 2.78. The van der Waals surface area contributed by atoms with Crippen molar-refractivity contribution in [2.75, 3.05) is 0 Å². The molecule has 0 N–H and O–H groups in total. The maximum absolute atomic E-state index is 11.1. The fraction of sp³-hybridized carbons (Fsp3) is 0.333. The molecule has 0 saturated heterocycles. The molecule has 0 aliphatic carbocycles. The van der Waals surface area contributed by atoms with E-state index < -0.39 is 0 Å². The van der Waals surface area contributed by atoms with Gasteiger partial charge >= 0.3 is 0 Å². The zero-order valence-corrected chi connectivity index (χ0v) is 11.0. The van der Waals surface area contributed by atoms with Gasteiger partial charge in [0, 0.05) is 18.3 Å². The minimum Gasteiger partial charge on any atom is -0.298 e. The van der Waals surface area contributed by atoms with E-state index in [1.54, 1.807) is 13.1 Å². The lowest BCUT2D eigenvalue weighted by molar-refractivity contribution is 0.112. The van der Waals surface area contributed by atoms with Gasteiger partial charge in [-0.2, -0.15) is 5.10 Å². The Bertz CT molecular complexity index is 579. The molecule has 0 amide bonds. The Morgan fingerprint density at radius 2 is 2.22 bits per heavy atom. The molecule has 2 aromatic heterocycles. The molecular formula is C12H13ClN4O. The fourth-order valence-corrected chi connectivity index (χ4v) is 1.97. The summed E-state index contributed by atoms with van der Waals surface area (Å²) in [5.74, 6) is 0.531. The summed E-state index contributed by atoms with van der Waals surface area (Å²) in [6.07, 6.45) is 5.20. The van der Waals surface area contributed by atoms with Crippen LogP contribution in [0.3, 0.4) is 0 Å². The molecule has 0 aromatic carbocycles. The lowest BCUT2D eigenvalue weighted by Crippen LogP contribution is -1.99. The lowest BCUT2D eigenvalue weighted by Gasteiger charge is -2.04. The Morgan fingerprint density at radius 3 is 2.89 bits per heavy atom. The normalized spacial score (nSPS) is 10.6. The van der Waals surface area contributed by atoms with Crippen LogP contribution in [-0.4, -0.2) is 26.0 Å². The van der Waals surface area contributed by atoms with E-state index in [0.29, 0.717) is 23.4 Å². The van der Waals surface area contributed by atoms with Gasteiger partial charge in [0.15, 0.2) is 6.29 Å². The van der Waals surface area contributed by atoms with E-state index in [1.807, 2.05) is 10.9 Å². The van der Waals surface area contributed by atoms with Crippen molar-refractivity contribution in [2.24, 2.45) is 0 Å². The summed E-state index contributed by atoms with van der Waals surface area (Å²) in [7, 11) is 0. The second kappa shape index (κ2) is 5.27. The van der Waals surface area contributed by atoms with E-state index in [9.17, 15) is 4.79 Å². The number of carbonyl (C=O) groups is 1. The number of nitrogens with zero attached hydrogens (tertiary/aromatic N) is 4. The molecule has 2 rings (SSSR count). The predicted molar refractivity (Wildman–Crippen MR) is 68.7 cm³/mol. The van der Waals surface area contributed by atoms with E-state index >= 15 is 0 Å². The van der Waals surface area contributed by atoms with Gasteiger partial charge in [0.05, 0.1) is 17.5 Å². The molecule has 94 valence electrons. The minimum absolute atomic E-state index is 0.177. The van der Waals surface area contributed by atoms with Crippen LogP contribution in [-0.2, 0) is 6.54 Å². The van der Waals surface area contributed by atoms with Crippen LogP contribution in [0.15, 0.2) is 12.4 Å². The minimum atomic E-state index is 0.177. The van der Waals surface area contributed by atoms with Gasteiger partial charge in [0.2, 0.25) is 0 Å². The molecule has 0 atom stereocenters. The number of aryl methyl sites for hydroxylation is 2. The van der Waals surface area contributed by atoms with Crippen LogP contribution in [0.1, 0.15) is 29.5 Å². The average molecular weight is 265 g/mol. The third kappa shape index (κ3) is 2.41. The van der Waals surface area contributed by atoms with E-state index in [4.69, 9.17) is 11.6 Å². The molecule has 0 bridgehead atoms. The topological polar surface area (TPSA) is 60.7 Å². The summed E-state index contributed by atoms with van der Waals surface area (Å²) in [5.41, 5.74) is 1.61. The second-order valence-electron chi connectivity index (χ2n) is 3.93. The van der Waals surface area contributed by atoms with Gasteiger partial charge < -0.3 is 0 Å². The van der Waals surface area contributed by atoms with Crippen molar-refractivity contribution in [2.45, 2.75) is 26.8 Å². The monoisotopic (exact) mass is 264 g/mol. The first-order valence-electron chi connectivity index (χ1n) is 5.67. The Balaban J connectivity index is 2.51. The summed E-state index contributed by atoms with van der Waals surface area (Å²) >= 11 is 5.94. The van der Waals surface area contributed by atoms with E-state index in [1.165, 1.54) is 0 Å². The van der Waals surface area contributed by atoms with Crippen LogP contribution in [0.25, 0.3) is 11.3 Å². The van der Waals surface area contributed by atoms with Crippen LogP contribution in [0.5, 0.6) is 0 Å². The number of halogens is 1. The first-order valence-corrected chi connectivity index (χ1v) is 6.05. The summed E-state index contributed by atoms with van der Waals surface area (Å²) in [6.45, 7) is 4.64. The van der Waals surface area contributed by atoms with Crippen molar-refractivity contribution < 1.29 is 4.79 Å². The van der Waals surface area contributed by atoms with Gasteiger partial charge in [0.25, 0.3) is 0 Å². The molecule has 0 spiro atoms. The van der Waals surface area contributed by atoms with Crippen LogP contribution in [0.2, 0.25) is 5.15 Å². The van der Waals surface area contributed by atoms with E-state index in [0.717, 1.165) is 18.5 Å². The summed E-state index contributed by atoms with van der Waals surface area (Å²) in [4.78, 5) is 19.3. The number of rotatable bonds is 4. The Morgan fingerprint density at radius 1 is 1.44 bits per heavy atom. The largest absolute Gasteiger partial charge is 0.298 e. The smallest absolute Gasteiger partial charge is 0.155 e. The first-order chi connectivity index (χ1) is 8.65. The van der Waals surface area contributed by atoms with Crippen molar-refractivity contribution in [1.82, 2.24) is 19.7 Å². The lowest BCUT2D eigenvalue weighted by atomic mass is 10.1. The molecule has 18 heavy (non-hydrogen) atoms. The van der Waals surface area contributed by atoms with Crippen LogP contribution >= 0.6 is 11.6 Å². The van der Waals surface area contributed by atoms with Crippen molar-refractivity contribution in [3.8, 4) is 11.3 Å². The van der Waals surface area contributed by atoms with Gasteiger partial charge in [-0.25, -0.2) is 9.97 Å². The zero-order chi connectivity index (χ0) is 13.1. The third-order valence-electron chi connectivity index (χ3n) is 2.49. The van der Waals surface area contributed by atoms with E-state index in [-0.39, 0.29) is 5.15 Å². The Labute approximate surface area is 110 Å². The maximum atomic E-state index is 11.1. The molecule has 6 heteroatoms. The summed E-state index contributed by atoms with van der Waals surface area (Å²) < 4.78 is 1.81. The fourth-order valence-electron chi connectivity index (χ4n) is 1.71. The molecule has 2 aromatic rings. The number of aromatic nitrogens is 4. The number of aldehydes is 1. The molecular weight excluding hydrogens is 252 g/mol. The van der Waals surface area contributed by atoms with Crippen molar-refractivity contribution in [1.29, 1.82) is 0 Å². The van der Waals surface area contributed by atoms with Gasteiger partial charge in [-0.05, 0) is 13.3 Å². The van der Waals surface area contributed by atoms with Crippen molar-refractivity contribution in [3.63, 3.8) is 0 Å². The first kappa shape index (κ1) is 12.7. The molecule has 0 unspecified atom stereocenters. The zero-order valence-electron chi connectivity index (χ0n) is 10.2. The molecule has 0 aliphatic rings. The van der Waals surface area contributed by atoms with E-state index in [2.05, 4.69) is 22.0 Å². The SMILES string of the molecule is CCCn1cc(-c2nc(C)nc(Cl)c2C=O)cn1. The average Bonchev–Trinajstić information content (AvgIpc) is 2.77. The highest BCUT2D eigenvalue weighted by Crippen LogP contribution is 2.24. The standard InChI is InChI=1S/C12H13ClN4O/c1-3-4-17-6-9(5-14-17)11-10(7-18)12(13)16-8(2)15-11/h5-7H,3-4H2,1-2H3. The molecule has 0 radical (unpaired) electrons. The van der Waals surface area contributed by atoms with Gasteiger partial charge in [-0.3, -0.25) is 9.48 Å². The highest BCUT2D eigenvalue weighted by atomic mass is 35.5. The summed E-state index contributed by atoms with van der Waals surface area (Å²) in [6, 6.07) is 0. The van der Waals surface area contributed by atoms with Gasteiger partial charge in [0.1, 0.15) is 11.0 Å². The Kier molecular flexibility index (Phi) is 3.72. The summed E-state index contributed by atoms with van der Waals surface area (Å²) in [5, 5.41) is 4.39. The van der Waals surface area contributed by atoms with Gasteiger partial charge in [-0.1, -0.05) is 18.5 Å². The molecule has 5 nitrogen and oxygen atoms in total. The van der Waals surface area contributed by atoms with Crippen LogP contribution in [0, 0.1) is 6.92 Å². The van der Waals surface area contributed by atoms with Gasteiger partial charge in [-0.15, -0.1) is 0 Å². The number of hydrogen-bond donors (Lipinski definition) is 0. The number of carbonyl (C=O) groups excluding carboxylic acids is 1. The molecule has 0 aliphatic heterocycles. The molecule has 0 fully saturated rings. The Hall–Kier alpha value is -1.75. The molecule has 2 heterocycles. The van der Waals surface area contributed by atoms with Crippen molar-refractivity contribution in [3.05, 3.63) is 28.9 Å². The van der Waals surface area contributed by atoms with Crippen LogP contribution in [0.4, 0.5) is 0 Å². The molecule has 0 saturated carbocycles. The van der Waals surface area contributed by atoms with Crippen molar-refractivity contribution >= 4 is 17.9 Å². The van der Waals surface area contributed by atoms with Crippen LogP contribution < -0.4 is 0 Å². The second-order valence-corrected chi connectivity index (χ2v) is 4.29. The number of hydrogen-bond acceptors (Lipinski definition) is 4. The highest BCUT2D eigenvalue weighted by molar-refractivity contribution is 6.32. The predicted octanol–water partition coefficient (Wildman–Crippen LogP) is 2.52. The quantitative estimate of drug-likeness (QED) is 0.629.